The van der Waals surface area contributed by atoms with Crippen molar-refractivity contribution in [2.45, 2.75) is 0 Å². The summed E-state index contributed by atoms with van der Waals surface area (Å²) in [4.78, 5) is 12.0. The van der Waals surface area contributed by atoms with E-state index in [2.05, 4.69) is 0 Å². The van der Waals surface area contributed by atoms with Crippen LogP contribution in [-0.4, -0.2) is 17.3 Å². The number of rotatable bonds is 2. The van der Waals surface area contributed by atoms with Crippen LogP contribution < -0.4 is 10.4 Å². The molecule has 0 amide bonds. The van der Waals surface area contributed by atoms with Crippen molar-refractivity contribution in [3.8, 4) is 28.4 Å². The van der Waals surface area contributed by atoms with E-state index >= 15 is 0 Å². The highest BCUT2D eigenvalue weighted by Crippen LogP contribution is 2.38. The van der Waals surface area contributed by atoms with Crippen molar-refractivity contribution >= 4 is 11.0 Å². The number of methoxy groups -OCH3 is 1. The van der Waals surface area contributed by atoms with Gasteiger partial charge in [-0.2, -0.15) is 0 Å². The normalized spacial score (nSPS) is 10.7. The van der Waals surface area contributed by atoms with Crippen LogP contribution in [0.25, 0.3) is 22.1 Å². The second-order valence-electron chi connectivity index (χ2n) is 4.50. The number of benzene rings is 2. The van der Waals surface area contributed by atoms with Gasteiger partial charge < -0.3 is 19.4 Å². The highest BCUT2D eigenvalue weighted by Gasteiger charge is 2.17. The molecule has 0 spiro atoms. The number of phenols is 2. The monoisotopic (exact) mass is 284 g/mol. The fraction of sp³-hybridized carbons (Fsp3) is 0.0625. The van der Waals surface area contributed by atoms with E-state index in [0.717, 1.165) is 0 Å². The molecular formula is C16H12O5. The molecule has 0 saturated carbocycles. The molecule has 1 aromatic heterocycles. The minimum absolute atomic E-state index is 0.0544. The third-order valence-corrected chi connectivity index (χ3v) is 3.24. The quantitative estimate of drug-likeness (QED) is 0.558. The fourth-order valence-corrected chi connectivity index (χ4v) is 2.28. The standard InChI is InChI=1S/C16H12O5/c1-20-15-14(9-6-7-11(17)12(18)8-9)10-4-2-3-5-13(10)21-16(15)19/h2-8,17-18H,1H3. The van der Waals surface area contributed by atoms with E-state index < -0.39 is 5.63 Å². The molecule has 0 unspecified atom stereocenters. The predicted molar refractivity (Wildman–Crippen MR) is 77.8 cm³/mol. The van der Waals surface area contributed by atoms with Crippen LogP contribution in [0.3, 0.4) is 0 Å². The molecule has 3 rings (SSSR count). The van der Waals surface area contributed by atoms with Crippen LogP contribution in [0.15, 0.2) is 51.7 Å². The first-order chi connectivity index (χ1) is 10.1. The molecule has 21 heavy (non-hydrogen) atoms. The van der Waals surface area contributed by atoms with Gasteiger partial charge in [0.25, 0.3) is 0 Å². The molecule has 0 radical (unpaired) electrons. The maximum atomic E-state index is 12.0. The molecule has 106 valence electrons. The first-order valence-electron chi connectivity index (χ1n) is 6.24. The Morgan fingerprint density at radius 3 is 2.52 bits per heavy atom. The Balaban J connectivity index is 2.43. The first kappa shape index (κ1) is 13.1. The van der Waals surface area contributed by atoms with E-state index in [0.29, 0.717) is 22.1 Å². The number of hydrogen-bond acceptors (Lipinski definition) is 5. The van der Waals surface area contributed by atoms with Crippen molar-refractivity contribution in [3.05, 3.63) is 52.9 Å². The minimum Gasteiger partial charge on any atom is -0.504 e. The zero-order valence-electron chi connectivity index (χ0n) is 11.2. The van der Waals surface area contributed by atoms with Crippen LogP contribution >= 0.6 is 0 Å². The smallest absolute Gasteiger partial charge is 0.379 e. The third kappa shape index (κ3) is 2.08. The maximum Gasteiger partial charge on any atom is 0.379 e. The molecule has 0 fully saturated rings. The van der Waals surface area contributed by atoms with E-state index in [1.54, 1.807) is 24.3 Å². The summed E-state index contributed by atoms with van der Waals surface area (Å²) in [7, 11) is 1.38. The molecule has 0 aliphatic heterocycles. The average Bonchev–Trinajstić information content (AvgIpc) is 2.48. The molecule has 2 N–H and O–H groups in total. The number of para-hydroxylation sites is 1. The van der Waals surface area contributed by atoms with Gasteiger partial charge in [-0.05, 0) is 23.8 Å². The summed E-state index contributed by atoms with van der Waals surface area (Å²) in [6.07, 6.45) is 0. The van der Waals surface area contributed by atoms with Crippen molar-refractivity contribution in [1.82, 2.24) is 0 Å². The predicted octanol–water partition coefficient (Wildman–Crippen LogP) is 2.88. The van der Waals surface area contributed by atoms with Crippen LogP contribution in [0, 0.1) is 0 Å². The SMILES string of the molecule is COc1c(-c2ccc(O)c(O)c2)c2ccccc2oc1=O. The van der Waals surface area contributed by atoms with Gasteiger partial charge in [-0.1, -0.05) is 24.3 Å². The van der Waals surface area contributed by atoms with Crippen LogP contribution in [0.1, 0.15) is 0 Å². The second-order valence-corrected chi connectivity index (χ2v) is 4.50. The highest BCUT2D eigenvalue weighted by molar-refractivity contribution is 5.96. The van der Waals surface area contributed by atoms with Crippen LogP contribution in [0.5, 0.6) is 17.2 Å². The molecule has 0 aliphatic carbocycles. The topological polar surface area (TPSA) is 79.9 Å². The summed E-state index contributed by atoms with van der Waals surface area (Å²) in [5, 5.41) is 19.8. The Morgan fingerprint density at radius 2 is 1.81 bits per heavy atom. The van der Waals surface area contributed by atoms with Gasteiger partial charge in [-0.25, -0.2) is 4.79 Å². The zero-order chi connectivity index (χ0) is 15.0. The molecule has 5 nitrogen and oxygen atoms in total. The Bertz CT molecular complexity index is 879. The van der Waals surface area contributed by atoms with Gasteiger partial charge >= 0.3 is 5.63 Å². The largest absolute Gasteiger partial charge is 0.504 e. The Labute approximate surface area is 119 Å². The zero-order valence-corrected chi connectivity index (χ0v) is 11.2. The van der Waals surface area contributed by atoms with Crippen molar-refractivity contribution in [1.29, 1.82) is 0 Å². The lowest BCUT2D eigenvalue weighted by molar-refractivity contribution is 0.387. The van der Waals surface area contributed by atoms with Crippen LogP contribution in [0.2, 0.25) is 0 Å². The Hall–Kier alpha value is -2.95. The molecule has 5 heteroatoms. The van der Waals surface area contributed by atoms with Gasteiger partial charge in [0.05, 0.1) is 7.11 Å². The summed E-state index contributed by atoms with van der Waals surface area (Å²) in [5.74, 6) is -0.448. The Kier molecular flexibility index (Phi) is 3.02. The van der Waals surface area contributed by atoms with Gasteiger partial charge in [0.15, 0.2) is 11.5 Å². The highest BCUT2D eigenvalue weighted by atomic mass is 16.5. The van der Waals surface area contributed by atoms with Crippen molar-refractivity contribution in [2.75, 3.05) is 7.11 Å². The van der Waals surface area contributed by atoms with Crippen LogP contribution in [-0.2, 0) is 0 Å². The summed E-state index contributed by atoms with van der Waals surface area (Å²) in [6.45, 7) is 0. The summed E-state index contributed by atoms with van der Waals surface area (Å²) in [6, 6.07) is 11.4. The average molecular weight is 284 g/mol. The molecule has 3 aromatic rings. The number of ether oxygens (including phenoxy) is 1. The lowest BCUT2D eigenvalue weighted by Crippen LogP contribution is -2.06. The van der Waals surface area contributed by atoms with E-state index in [9.17, 15) is 15.0 Å². The van der Waals surface area contributed by atoms with E-state index in [4.69, 9.17) is 9.15 Å². The van der Waals surface area contributed by atoms with Crippen molar-refractivity contribution in [3.63, 3.8) is 0 Å². The van der Waals surface area contributed by atoms with Crippen molar-refractivity contribution < 1.29 is 19.4 Å². The lowest BCUT2D eigenvalue weighted by atomic mass is 10.0. The minimum atomic E-state index is -0.598. The number of fused-ring (bicyclic) bond motifs is 1. The number of phenolic OH excluding ortho intramolecular Hbond substituents is 2. The summed E-state index contributed by atoms with van der Waals surface area (Å²) >= 11 is 0. The van der Waals surface area contributed by atoms with E-state index in [1.165, 1.54) is 19.2 Å². The molecule has 0 bridgehead atoms. The van der Waals surface area contributed by atoms with Gasteiger partial charge in [-0.3, -0.25) is 0 Å². The molecule has 0 atom stereocenters. The lowest BCUT2D eigenvalue weighted by Gasteiger charge is -2.11. The fourth-order valence-electron chi connectivity index (χ4n) is 2.28. The maximum absolute atomic E-state index is 12.0. The third-order valence-electron chi connectivity index (χ3n) is 3.24. The first-order valence-corrected chi connectivity index (χ1v) is 6.24. The van der Waals surface area contributed by atoms with Crippen molar-refractivity contribution in [2.24, 2.45) is 0 Å². The molecule has 1 heterocycles. The molecular weight excluding hydrogens is 272 g/mol. The summed E-state index contributed by atoms with van der Waals surface area (Å²) in [5.41, 5.74) is 0.885. The van der Waals surface area contributed by atoms with Gasteiger partial charge in [0, 0.05) is 10.9 Å². The molecule has 2 aromatic carbocycles. The second kappa shape index (κ2) is 4.86. The van der Waals surface area contributed by atoms with Gasteiger partial charge in [-0.15, -0.1) is 0 Å². The van der Waals surface area contributed by atoms with Gasteiger partial charge in [0.2, 0.25) is 5.75 Å². The number of aromatic hydroxyl groups is 2. The summed E-state index contributed by atoms with van der Waals surface area (Å²) < 4.78 is 10.4. The van der Waals surface area contributed by atoms with Crippen LogP contribution in [0.4, 0.5) is 0 Å². The van der Waals surface area contributed by atoms with Gasteiger partial charge in [0.1, 0.15) is 5.58 Å². The van der Waals surface area contributed by atoms with E-state index in [1.807, 2.05) is 6.07 Å². The molecule has 0 saturated heterocycles. The Morgan fingerprint density at radius 1 is 1.05 bits per heavy atom. The molecule has 0 aliphatic rings. The number of hydrogen-bond donors (Lipinski definition) is 2. The van der Waals surface area contributed by atoms with E-state index in [-0.39, 0.29) is 17.2 Å².